The van der Waals surface area contributed by atoms with E-state index in [9.17, 15) is 14.4 Å². The highest BCUT2D eigenvalue weighted by molar-refractivity contribution is 9.10. The van der Waals surface area contributed by atoms with Crippen molar-refractivity contribution < 1.29 is 24.2 Å². The van der Waals surface area contributed by atoms with Gasteiger partial charge >= 0.3 is 5.97 Å². The number of nitrogens with one attached hydrogen (secondary N) is 1. The van der Waals surface area contributed by atoms with Crippen LogP contribution in [0, 0.1) is 0 Å². The van der Waals surface area contributed by atoms with Crippen LogP contribution < -0.4 is 15.0 Å². The lowest BCUT2D eigenvalue weighted by Gasteiger charge is -2.29. The van der Waals surface area contributed by atoms with Crippen molar-refractivity contribution in [2.75, 3.05) is 11.5 Å². The van der Waals surface area contributed by atoms with Gasteiger partial charge in [0.25, 0.3) is 11.8 Å². The Labute approximate surface area is 194 Å². The van der Waals surface area contributed by atoms with Gasteiger partial charge in [0.2, 0.25) is 0 Å². The van der Waals surface area contributed by atoms with Crippen molar-refractivity contribution >= 4 is 86.0 Å². The average molecular weight is 530 g/mol. The van der Waals surface area contributed by atoms with Crippen LogP contribution in [0.25, 0.3) is 6.08 Å². The van der Waals surface area contributed by atoms with E-state index in [1.165, 1.54) is 12.1 Å². The standard InChI is InChI=1S/C19H11BrCl2N2O5S/c20-11-7-9(4-5-14(11)29-8-15(25)26)6-10-17(27)23-19(30)24(18(10)28)13-3-1-2-12(21)16(13)22/h1-7H,8H2,(H,25,26)(H,23,27,30)/b10-6+. The summed E-state index contributed by atoms with van der Waals surface area (Å²) in [6.45, 7) is -0.507. The van der Waals surface area contributed by atoms with Crippen LogP contribution in [-0.2, 0) is 14.4 Å². The van der Waals surface area contributed by atoms with Crippen molar-refractivity contribution in [3.05, 3.63) is 62.1 Å². The zero-order valence-electron chi connectivity index (χ0n) is 14.8. The highest BCUT2D eigenvalue weighted by Crippen LogP contribution is 2.34. The molecule has 30 heavy (non-hydrogen) atoms. The molecule has 0 aromatic heterocycles. The second kappa shape index (κ2) is 9.13. The van der Waals surface area contributed by atoms with E-state index in [-0.39, 0.29) is 26.4 Å². The number of hydrogen-bond donors (Lipinski definition) is 2. The van der Waals surface area contributed by atoms with E-state index in [0.717, 1.165) is 4.90 Å². The van der Waals surface area contributed by atoms with Gasteiger partial charge in [-0.25, -0.2) is 4.79 Å². The van der Waals surface area contributed by atoms with Gasteiger partial charge < -0.3 is 9.84 Å². The average Bonchev–Trinajstić information content (AvgIpc) is 2.67. The van der Waals surface area contributed by atoms with Gasteiger partial charge in [0.15, 0.2) is 11.7 Å². The number of nitrogens with zero attached hydrogens (tertiary/aromatic N) is 1. The number of rotatable bonds is 5. The summed E-state index contributed by atoms with van der Waals surface area (Å²) in [7, 11) is 0. The van der Waals surface area contributed by atoms with Crippen LogP contribution in [0.15, 0.2) is 46.4 Å². The Morgan fingerprint density at radius 1 is 1.27 bits per heavy atom. The summed E-state index contributed by atoms with van der Waals surface area (Å²) >= 11 is 20.7. The number of thiocarbonyl (C=S) groups is 1. The fourth-order valence-corrected chi connectivity index (χ4v) is 3.74. The van der Waals surface area contributed by atoms with Gasteiger partial charge in [0.05, 0.1) is 20.2 Å². The maximum absolute atomic E-state index is 13.0. The molecule has 1 saturated heterocycles. The van der Waals surface area contributed by atoms with Crippen molar-refractivity contribution in [3.63, 3.8) is 0 Å². The zero-order valence-corrected chi connectivity index (χ0v) is 18.7. The Morgan fingerprint density at radius 2 is 2.00 bits per heavy atom. The van der Waals surface area contributed by atoms with Crippen molar-refractivity contribution in [2.45, 2.75) is 0 Å². The highest BCUT2D eigenvalue weighted by Gasteiger charge is 2.35. The van der Waals surface area contributed by atoms with Gasteiger partial charge in [-0.2, -0.15) is 0 Å². The van der Waals surface area contributed by atoms with E-state index in [1.807, 2.05) is 0 Å². The fourth-order valence-electron chi connectivity index (χ4n) is 2.57. The summed E-state index contributed by atoms with van der Waals surface area (Å²) in [6, 6.07) is 9.38. The molecule has 2 amide bonds. The summed E-state index contributed by atoms with van der Waals surface area (Å²) < 4.78 is 5.58. The van der Waals surface area contributed by atoms with Gasteiger partial charge in [-0.15, -0.1) is 0 Å². The normalized spacial score (nSPS) is 15.4. The molecule has 3 rings (SSSR count). The van der Waals surface area contributed by atoms with Crippen molar-refractivity contribution in [1.82, 2.24) is 5.32 Å². The quantitative estimate of drug-likeness (QED) is 0.344. The first-order valence-electron chi connectivity index (χ1n) is 8.18. The molecule has 1 aliphatic rings. The molecule has 11 heteroatoms. The molecule has 154 valence electrons. The molecule has 2 aromatic rings. The third-order valence-electron chi connectivity index (χ3n) is 3.89. The monoisotopic (exact) mass is 528 g/mol. The largest absolute Gasteiger partial charge is 0.481 e. The molecular weight excluding hydrogens is 519 g/mol. The lowest BCUT2D eigenvalue weighted by atomic mass is 10.1. The van der Waals surface area contributed by atoms with Crippen LogP contribution in [0.2, 0.25) is 10.0 Å². The second-order valence-electron chi connectivity index (χ2n) is 5.90. The number of carboxylic acids is 1. The smallest absolute Gasteiger partial charge is 0.341 e. The molecule has 1 fully saturated rings. The number of ether oxygens (including phenoxy) is 1. The summed E-state index contributed by atoms with van der Waals surface area (Å²) in [4.78, 5) is 37.2. The third kappa shape index (κ3) is 4.65. The maximum Gasteiger partial charge on any atom is 0.341 e. The lowest BCUT2D eigenvalue weighted by molar-refractivity contribution is -0.139. The first kappa shape index (κ1) is 22.2. The molecule has 0 aliphatic carbocycles. The number of anilines is 1. The number of hydrogen-bond acceptors (Lipinski definition) is 5. The highest BCUT2D eigenvalue weighted by atomic mass is 79.9. The van der Waals surface area contributed by atoms with E-state index < -0.39 is 24.4 Å². The van der Waals surface area contributed by atoms with Gasteiger partial charge in [0, 0.05) is 0 Å². The number of carbonyl (C=O) groups excluding carboxylic acids is 2. The lowest BCUT2D eigenvalue weighted by Crippen LogP contribution is -2.54. The van der Waals surface area contributed by atoms with E-state index in [2.05, 4.69) is 21.2 Å². The molecule has 0 atom stereocenters. The van der Waals surface area contributed by atoms with Gasteiger partial charge in [-0.3, -0.25) is 19.8 Å². The molecule has 0 saturated carbocycles. The molecule has 1 aliphatic heterocycles. The number of amides is 2. The number of carbonyl (C=O) groups is 3. The molecule has 0 unspecified atom stereocenters. The van der Waals surface area contributed by atoms with E-state index >= 15 is 0 Å². The second-order valence-corrected chi connectivity index (χ2v) is 7.93. The topological polar surface area (TPSA) is 95.9 Å². The SMILES string of the molecule is O=C(O)COc1ccc(/C=C2\C(=O)NC(=S)N(c3cccc(Cl)c3Cl)C2=O)cc1Br. The number of carboxylic acid groups (broad SMARTS) is 1. The molecule has 0 spiro atoms. The van der Waals surface area contributed by atoms with Gasteiger partial charge in [-0.1, -0.05) is 35.3 Å². The fraction of sp³-hybridized carbons (Fsp3) is 0.0526. The summed E-state index contributed by atoms with van der Waals surface area (Å²) in [5.41, 5.74) is 0.558. The van der Waals surface area contributed by atoms with Gasteiger partial charge in [-0.05, 0) is 64.1 Å². The minimum atomic E-state index is -1.12. The Bertz CT molecular complexity index is 1120. The van der Waals surface area contributed by atoms with Crippen LogP contribution in [0.3, 0.4) is 0 Å². The van der Waals surface area contributed by atoms with Crippen molar-refractivity contribution in [2.24, 2.45) is 0 Å². The Morgan fingerprint density at radius 3 is 2.67 bits per heavy atom. The number of halogens is 3. The molecule has 2 N–H and O–H groups in total. The molecule has 2 aromatic carbocycles. The molecule has 1 heterocycles. The van der Waals surface area contributed by atoms with Crippen LogP contribution in [0.5, 0.6) is 5.75 Å². The van der Waals surface area contributed by atoms with E-state index in [0.29, 0.717) is 15.8 Å². The Hall–Kier alpha value is -2.46. The first-order chi connectivity index (χ1) is 14.2. The van der Waals surface area contributed by atoms with Gasteiger partial charge in [0.1, 0.15) is 11.3 Å². The minimum absolute atomic E-state index is 0.119. The molecule has 7 nitrogen and oxygen atoms in total. The number of aliphatic carboxylic acids is 1. The number of benzene rings is 2. The maximum atomic E-state index is 13.0. The van der Waals surface area contributed by atoms with E-state index in [1.54, 1.807) is 30.3 Å². The third-order valence-corrected chi connectivity index (χ3v) is 5.61. The van der Waals surface area contributed by atoms with Crippen molar-refractivity contribution in [3.8, 4) is 5.75 Å². The van der Waals surface area contributed by atoms with Crippen LogP contribution in [0.1, 0.15) is 5.56 Å². The predicted octanol–water partition coefficient (Wildman–Crippen LogP) is 4.05. The van der Waals surface area contributed by atoms with Crippen LogP contribution in [-0.4, -0.2) is 34.6 Å². The Balaban J connectivity index is 1.96. The summed E-state index contributed by atoms with van der Waals surface area (Å²) in [5.74, 6) is -2.15. The molecular formula is C19H11BrCl2N2O5S. The van der Waals surface area contributed by atoms with Crippen molar-refractivity contribution in [1.29, 1.82) is 0 Å². The molecule has 0 bridgehead atoms. The van der Waals surface area contributed by atoms with Crippen LogP contribution in [0.4, 0.5) is 5.69 Å². The first-order valence-corrected chi connectivity index (χ1v) is 10.1. The summed E-state index contributed by atoms with van der Waals surface area (Å²) in [5, 5.41) is 11.4. The zero-order chi connectivity index (χ0) is 22.0. The predicted molar refractivity (Wildman–Crippen MR) is 120 cm³/mol. The minimum Gasteiger partial charge on any atom is -0.481 e. The van der Waals surface area contributed by atoms with Crippen LogP contribution >= 0.6 is 51.3 Å². The Kier molecular flexibility index (Phi) is 6.77. The molecule has 0 radical (unpaired) electrons. The summed E-state index contributed by atoms with van der Waals surface area (Å²) in [6.07, 6.45) is 1.37. The van der Waals surface area contributed by atoms with E-state index in [4.69, 9.17) is 45.3 Å².